The van der Waals surface area contributed by atoms with Gasteiger partial charge in [0.2, 0.25) is 0 Å². The second kappa shape index (κ2) is 6.95. The fraction of sp³-hybridized carbons (Fsp3) is 1.00. The molecule has 0 amide bonds. The zero-order chi connectivity index (χ0) is 15.6. The van der Waals surface area contributed by atoms with Crippen LogP contribution in [0.1, 0.15) is 65.2 Å². The summed E-state index contributed by atoms with van der Waals surface area (Å²) in [6, 6.07) is 0.676. The third-order valence-corrected chi connectivity index (χ3v) is 6.55. The fourth-order valence-corrected chi connectivity index (χ4v) is 4.76. The van der Waals surface area contributed by atoms with Gasteiger partial charge in [0.15, 0.2) is 0 Å². The first-order chi connectivity index (χ1) is 9.90. The van der Waals surface area contributed by atoms with Crippen molar-refractivity contribution >= 4 is 0 Å². The number of nitrogens with two attached hydrogens (primary N) is 4. The predicted molar refractivity (Wildman–Crippen MR) is 89.3 cm³/mol. The first-order valence-corrected chi connectivity index (χ1v) is 8.98. The average Bonchev–Trinajstić information content (AvgIpc) is 2.47. The Morgan fingerprint density at radius 1 is 0.762 bits per heavy atom. The van der Waals surface area contributed by atoms with Crippen molar-refractivity contribution in [2.75, 3.05) is 0 Å². The molecule has 0 heterocycles. The highest BCUT2D eigenvalue weighted by Crippen LogP contribution is 2.42. The summed E-state index contributed by atoms with van der Waals surface area (Å²) in [6.45, 7) is 4.46. The zero-order valence-corrected chi connectivity index (χ0v) is 13.9. The Morgan fingerprint density at radius 2 is 1.14 bits per heavy atom. The first-order valence-electron chi connectivity index (χ1n) is 8.98. The van der Waals surface area contributed by atoms with Gasteiger partial charge in [-0.05, 0) is 62.2 Å². The highest BCUT2D eigenvalue weighted by molar-refractivity contribution is 4.99. The molecule has 0 saturated heterocycles. The fourth-order valence-electron chi connectivity index (χ4n) is 4.76. The summed E-state index contributed by atoms with van der Waals surface area (Å²) in [5, 5.41) is 0. The van der Waals surface area contributed by atoms with Gasteiger partial charge in [-0.25, -0.2) is 0 Å². The van der Waals surface area contributed by atoms with Crippen LogP contribution in [0.25, 0.3) is 0 Å². The Hall–Kier alpha value is -0.160. The summed E-state index contributed by atoms with van der Waals surface area (Å²) in [6.07, 6.45) is 8.80. The maximum Gasteiger partial charge on any atom is 0.0694 e. The predicted octanol–water partition coefficient (Wildman–Crippen LogP) is 1.91. The smallest absolute Gasteiger partial charge is 0.0694 e. The Balaban J connectivity index is 2.03. The molecule has 0 bridgehead atoms. The lowest BCUT2D eigenvalue weighted by molar-refractivity contribution is 0.0626. The van der Waals surface area contributed by atoms with Crippen LogP contribution in [-0.2, 0) is 0 Å². The van der Waals surface area contributed by atoms with Crippen LogP contribution in [-0.4, -0.2) is 17.7 Å². The molecule has 8 N–H and O–H groups in total. The van der Waals surface area contributed by atoms with Gasteiger partial charge in [-0.15, -0.1) is 0 Å². The molecule has 2 fully saturated rings. The molecular formula is C17H36N4. The molecule has 0 spiro atoms. The van der Waals surface area contributed by atoms with Gasteiger partial charge < -0.3 is 22.9 Å². The standard InChI is InChI=1S/C17H36N4/c1-3-11-9-13(5-7-15(11)18)17(20,21)14-6-8-16(19)12(4-2)10-14/h11-16H,3-10,18-21H2,1-2H3. The zero-order valence-electron chi connectivity index (χ0n) is 13.9. The van der Waals surface area contributed by atoms with E-state index in [1.165, 1.54) is 0 Å². The molecule has 6 unspecified atom stereocenters. The molecule has 21 heavy (non-hydrogen) atoms. The number of hydrogen-bond acceptors (Lipinski definition) is 4. The van der Waals surface area contributed by atoms with Crippen LogP contribution in [0, 0.1) is 23.7 Å². The molecule has 0 aliphatic heterocycles. The van der Waals surface area contributed by atoms with Crippen LogP contribution in [0.5, 0.6) is 0 Å². The third kappa shape index (κ3) is 3.61. The summed E-state index contributed by atoms with van der Waals surface area (Å²) in [5.41, 5.74) is 25.3. The van der Waals surface area contributed by atoms with Crippen LogP contribution in [0.15, 0.2) is 0 Å². The van der Waals surface area contributed by atoms with Crippen LogP contribution in [0.4, 0.5) is 0 Å². The minimum atomic E-state index is -0.541. The van der Waals surface area contributed by atoms with E-state index >= 15 is 0 Å². The molecule has 0 aromatic heterocycles. The normalized spacial score (nSPS) is 42.0. The third-order valence-electron chi connectivity index (χ3n) is 6.55. The molecular weight excluding hydrogens is 260 g/mol. The lowest BCUT2D eigenvalue weighted by Crippen LogP contribution is -2.64. The van der Waals surface area contributed by atoms with E-state index in [4.69, 9.17) is 22.9 Å². The van der Waals surface area contributed by atoms with Gasteiger partial charge in [-0.1, -0.05) is 26.7 Å². The van der Waals surface area contributed by atoms with Gasteiger partial charge in [0, 0.05) is 12.1 Å². The SMILES string of the molecule is CCC1CC(C(N)(N)C2CCC(N)C(CC)C2)CCC1N. The van der Waals surface area contributed by atoms with Crippen molar-refractivity contribution in [2.24, 2.45) is 46.6 Å². The topological polar surface area (TPSA) is 104 Å². The Bertz CT molecular complexity index is 301. The van der Waals surface area contributed by atoms with Crippen LogP contribution >= 0.6 is 0 Å². The van der Waals surface area contributed by atoms with Crippen molar-refractivity contribution < 1.29 is 0 Å². The largest absolute Gasteiger partial charge is 0.327 e. The van der Waals surface area contributed by atoms with Crippen LogP contribution in [0.3, 0.4) is 0 Å². The molecule has 2 aliphatic carbocycles. The van der Waals surface area contributed by atoms with E-state index in [0.29, 0.717) is 35.8 Å². The van der Waals surface area contributed by atoms with Crippen LogP contribution < -0.4 is 22.9 Å². The summed E-state index contributed by atoms with van der Waals surface area (Å²) >= 11 is 0. The van der Waals surface area contributed by atoms with E-state index in [2.05, 4.69) is 13.8 Å². The number of rotatable bonds is 4. The molecule has 4 nitrogen and oxygen atoms in total. The van der Waals surface area contributed by atoms with E-state index < -0.39 is 5.66 Å². The Kier molecular flexibility index (Phi) is 5.69. The van der Waals surface area contributed by atoms with E-state index in [-0.39, 0.29) is 0 Å². The van der Waals surface area contributed by atoms with Crippen molar-refractivity contribution in [1.82, 2.24) is 0 Å². The average molecular weight is 297 g/mol. The molecule has 4 heteroatoms. The van der Waals surface area contributed by atoms with Crippen molar-refractivity contribution in [3.63, 3.8) is 0 Å². The molecule has 2 saturated carbocycles. The van der Waals surface area contributed by atoms with Gasteiger partial charge in [0.1, 0.15) is 0 Å². The van der Waals surface area contributed by atoms with Gasteiger partial charge >= 0.3 is 0 Å². The summed E-state index contributed by atoms with van der Waals surface area (Å²) < 4.78 is 0. The lowest BCUT2D eigenvalue weighted by atomic mass is 9.64. The monoisotopic (exact) mass is 296 g/mol. The van der Waals surface area contributed by atoms with Crippen molar-refractivity contribution in [3.8, 4) is 0 Å². The Labute approximate surface area is 130 Å². The van der Waals surface area contributed by atoms with Gasteiger partial charge in [0.05, 0.1) is 5.66 Å². The molecule has 0 radical (unpaired) electrons. The van der Waals surface area contributed by atoms with Crippen molar-refractivity contribution in [3.05, 3.63) is 0 Å². The van der Waals surface area contributed by atoms with Gasteiger partial charge in [-0.3, -0.25) is 0 Å². The van der Waals surface area contributed by atoms with Crippen molar-refractivity contribution in [1.29, 1.82) is 0 Å². The molecule has 0 aromatic carbocycles. The molecule has 2 rings (SSSR count). The molecule has 124 valence electrons. The molecule has 2 aliphatic rings. The second-order valence-electron chi connectivity index (χ2n) is 7.68. The van der Waals surface area contributed by atoms with Crippen molar-refractivity contribution in [2.45, 2.75) is 83.0 Å². The van der Waals surface area contributed by atoms with E-state index in [1.54, 1.807) is 0 Å². The Morgan fingerprint density at radius 3 is 1.48 bits per heavy atom. The minimum absolute atomic E-state index is 0.338. The quantitative estimate of drug-likeness (QED) is 0.595. The molecule has 6 atom stereocenters. The second-order valence-corrected chi connectivity index (χ2v) is 7.68. The highest BCUT2D eigenvalue weighted by atomic mass is 15.0. The molecule has 0 aromatic rings. The summed E-state index contributed by atoms with van der Waals surface area (Å²) in [5.74, 6) is 2.00. The minimum Gasteiger partial charge on any atom is -0.327 e. The first kappa shape index (κ1) is 17.2. The lowest BCUT2D eigenvalue weighted by Gasteiger charge is -2.48. The maximum absolute atomic E-state index is 6.69. The van der Waals surface area contributed by atoms with E-state index in [9.17, 15) is 0 Å². The van der Waals surface area contributed by atoms with E-state index in [1.807, 2.05) is 0 Å². The highest BCUT2D eigenvalue weighted by Gasteiger charge is 2.44. The van der Waals surface area contributed by atoms with Gasteiger partial charge in [0.25, 0.3) is 0 Å². The van der Waals surface area contributed by atoms with Crippen LogP contribution in [0.2, 0.25) is 0 Å². The van der Waals surface area contributed by atoms with E-state index in [0.717, 1.165) is 51.4 Å². The number of hydrogen-bond donors (Lipinski definition) is 4. The summed E-state index contributed by atoms with van der Waals surface area (Å²) in [7, 11) is 0. The van der Waals surface area contributed by atoms with Gasteiger partial charge in [-0.2, -0.15) is 0 Å². The summed E-state index contributed by atoms with van der Waals surface area (Å²) in [4.78, 5) is 0. The maximum atomic E-state index is 6.69.